The maximum Gasteiger partial charge on any atom is 2.00 e. The second kappa shape index (κ2) is 10.9. The topological polar surface area (TPSA) is 89.5 Å². The van der Waals surface area contributed by atoms with Crippen molar-refractivity contribution in [3.8, 4) is 5.75 Å². The van der Waals surface area contributed by atoms with E-state index in [0.717, 1.165) is 0 Å². The Bertz CT molecular complexity index is 522. The Kier molecular flexibility index (Phi) is 11.6. The Hall–Kier alpha value is -0.807. The average Bonchev–Trinajstić information content (AvgIpc) is 2.32. The second-order valence-electron chi connectivity index (χ2n) is 3.43. The largest absolute Gasteiger partial charge is 2.00 e. The molecule has 0 saturated carbocycles. The van der Waals surface area contributed by atoms with Crippen LogP contribution >= 0.6 is 34.8 Å². The molecule has 0 aromatic heterocycles. The minimum atomic E-state index is -1.34. The van der Waals surface area contributed by atoms with Crippen LogP contribution in [0.5, 0.6) is 5.75 Å². The fourth-order valence-corrected chi connectivity index (χ4v) is 1.34. The van der Waals surface area contributed by atoms with Gasteiger partial charge in [0.1, 0.15) is 12.4 Å². The minimum absolute atomic E-state index is 0. The molecular formula is C12H9Cl3O5Zn. The van der Waals surface area contributed by atoms with Gasteiger partial charge in [0.2, 0.25) is 0 Å². The first kappa shape index (κ1) is 22.5. The van der Waals surface area contributed by atoms with Gasteiger partial charge < -0.3 is 24.5 Å². The molecule has 110 valence electrons. The van der Waals surface area contributed by atoms with E-state index in [1.165, 1.54) is 19.1 Å². The molecule has 0 spiro atoms. The van der Waals surface area contributed by atoms with Gasteiger partial charge >= 0.3 is 19.5 Å². The van der Waals surface area contributed by atoms with Crippen LogP contribution in [-0.2, 0) is 29.1 Å². The van der Waals surface area contributed by atoms with Gasteiger partial charge in [0.05, 0.1) is 27.0 Å². The van der Waals surface area contributed by atoms with Crippen LogP contribution in [0, 0.1) is 0 Å². The number of carbonyl (C=O) groups excluding carboxylic acids is 2. The van der Waals surface area contributed by atoms with Gasteiger partial charge in [-0.15, -0.1) is 0 Å². The molecule has 9 heteroatoms. The van der Waals surface area contributed by atoms with Crippen molar-refractivity contribution < 1.29 is 44.0 Å². The molecule has 1 aromatic carbocycles. The van der Waals surface area contributed by atoms with E-state index < -0.39 is 18.5 Å². The number of hydrogen-bond donors (Lipinski definition) is 0. The summed E-state index contributed by atoms with van der Waals surface area (Å²) in [4.78, 5) is 19.6. The van der Waals surface area contributed by atoms with Crippen molar-refractivity contribution in [2.24, 2.45) is 0 Å². The van der Waals surface area contributed by atoms with Crippen LogP contribution in [-0.4, -0.2) is 18.5 Å². The van der Waals surface area contributed by atoms with E-state index >= 15 is 0 Å². The predicted octanol–water partition coefficient (Wildman–Crippen LogP) is 1.09. The van der Waals surface area contributed by atoms with Crippen LogP contribution in [0.15, 0.2) is 24.3 Å². The summed E-state index contributed by atoms with van der Waals surface area (Å²) in [7, 11) is 0. The zero-order valence-electron chi connectivity index (χ0n) is 11.0. The molecule has 0 amide bonds. The number of aliphatic carboxylic acids is 2. The quantitative estimate of drug-likeness (QED) is 0.425. The molecule has 0 aliphatic carbocycles. The van der Waals surface area contributed by atoms with Gasteiger partial charge in [-0.05, 0) is 18.6 Å². The van der Waals surface area contributed by atoms with E-state index in [2.05, 4.69) is 6.58 Å². The number of carboxylic acid groups (broad SMARTS) is 2. The molecule has 0 heterocycles. The van der Waals surface area contributed by atoms with Gasteiger partial charge in [0.15, 0.2) is 0 Å². The average molecular weight is 405 g/mol. The molecule has 0 radical (unpaired) electrons. The predicted molar refractivity (Wildman–Crippen MR) is 71.8 cm³/mol. The molecule has 0 N–H and O–H groups in total. The summed E-state index contributed by atoms with van der Waals surface area (Å²) in [5.74, 6) is -2.37. The zero-order chi connectivity index (χ0) is 15.9. The summed E-state index contributed by atoms with van der Waals surface area (Å²) >= 11 is 17.0. The first-order chi connectivity index (χ1) is 9.15. The Morgan fingerprint density at radius 1 is 1.14 bits per heavy atom. The number of hydrogen-bond acceptors (Lipinski definition) is 5. The van der Waals surface area contributed by atoms with Crippen LogP contribution in [0.2, 0.25) is 15.1 Å². The minimum Gasteiger partial charge on any atom is -0.546 e. The molecule has 0 fully saturated rings. The summed E-state index contributed by atoms with van der Waals surface area (Å²) in [6.07, 6.45) is 0. The zero-order valence-corrected chi connectivity index (χ0v) is 16.2. The summed E-state index contributed by atoms with van der Waals surface area (Å²) < 4.78 is 4.80. The van der Waals surface area contributed by atoms with E-state index in [4.69, 9.17) is 39.5 Å². The Labute approximate surface area is 149 Å². The van der Waals surface area contributed by atoms with Gasteiger partial charge in [-0.3, -0.25) is 0 Å². The SMILES string of the molecule is C=C(C)C(=O)[O-].O=C([O-])COc1cc(Cl)c(Cl)cc1Cl.[Zn+2]. The van der Waals surface area contributed by atoms with Crippen LogP contribution in [0.25, 0.3) is 0 Å². The third kappa shape index (κ3) is 9.69. The van der Waals surface area contributed by atoms with Crippen molar-refractivity contribution in [2.75, 3.05) is 6.61 Å². The first-order valence-electron chi connectivity index (χ1n) is 4.99. The molecule has 0 aliphatic rings. The molecule has 0 bridgehead atoms. The third-order valence-electron chi connectivity index (χ3n) is 1.67. The standard InChI is InChI=1S/C8H5Cl3O3.C4H6O2.Zn/c9-4-1-6(11)7(2-5(4)10)14-3-8(12)13;1-3(2)4(5)6;/h1-2H,3H2,(H,12,13);1H2,2H3,(H,5,6);/q;;+2/p-2. The Morgan fingerprint density at radius 2 is 1.57 bits per heavy atom. The van der Waals surface area contributed by atoms with Crippen molar-refractivity contribution in [3.05, 3.63) is 39.4 Å². The summed E-state index contributed by atoms with van der Waals surface area (Å²) in [6.45, 7) is 3.89. The number of carbonyl (C=O) groups is 2. The first-order valence-corrected chi connectivity index (χ1v) is 6.12. The Balaban J connectivity index is 0. The van der Waals surface area contributed by atoms with E-state index in [1.54, 1.807) is 0 Å². The number of carboxylic acids is 2. The number of ether oxygens (including phenoxy) is 1. The molecule has 0 aliphatic heterocycles. The Morgan fingerprint density at radius 3 is 1.95 bits per heavy atom. The molecule has 0 saturated heterocycles. The van der Waals surface area contributed by atoms with Crippen molar-refractivity contribution >= 4 is 46.7 Å². The number of halogens is 3. The van der Waals surface area contributed by atoms with Gasteiger partial charge in [0, 0.05) is 6.07 Å². The van der Waals surface area contributed by atoms with Crippen LogP contribution in [0.4, 0.5) is 0 Å². The fraction of sp³-hybridized carbons (Fsp3) is 0.167. The fourth-order valence-electron chi connectivity index (χ4n) is 0.752. The number of benzene rings is 1. The monoisotopic (exact) mass is 402 g/mol. The van der Waals surface area contributed by atoms with Crippen molar-refractivity contribution in [1.82, 2.24) is 0 Å². The van der Waals surface area contributed by atoms with Crippen molar-refractivity contribution in [3.63, 3.8) is 0 Å². The maximum atomic E-state index is 10.1. The summed E-state index contributed by atoms with van der Waals surface area (Å²) in [5.41, 5.74) is 0.0648. The van der Waals surface area contributed by atoms with Gasteiger partial charge in [-0.2, -0.15) is 0 Å². The van der Waals surface area contributed by atoms with E-state index in [0.29, 0.717) is 0 Å². The normalized spacial score (nSPS) is 8.76. The number of rotatable bonds is 4. The van der Waals surface area contributed by atoms with Gasteiger partial charge in [-0.1, -0.05) is 41.4 Å². The van der Waals surface area contributed by atoms with E-state index in [1.807, 2.05) is 0 Å². The molecule has 21 heavy (non-hydrogen) atoms. The van der Waals surface area contributed by atoms with Crippen LogP contribution < -0.4 is 14.9 Å². The summed E-state index contributed by atoms with van der Waals surface area (Å²) in [6, 6.07) is 2.71. The maximum absolute atomic E-state index is 10.1. The molecule has 0 atom stereocenters. The third-order valence-corrected chi connectivity index (χ3v) is 2.69. The van der Waals surface area contributed by atoms with E-state index in [9.17, 15) is 19.8 Å². The smallest absolute Gasteiger partial charge is 0.546 e. The van der Waals surface area contributed by atoms with Crippen molar-refractivity contribution in [1.29, 1.82) is 0 Å². The molecule has 5 nitrogen and oxygen atoms in total. The molecule has 0 unspecified atom stereocenters. The van der Waals surface area contributed by atoms with Gasteiger partial charge in [-0.25, -0.2) is 0 Å². The van der Waals surface area contributed by atoms with Gasteiger partial charge in [0.25, 0.3) is 0 Å². The van der Waals surface area contributed by atoms with Crippen LogP contribution in [0.1, 0.15) is 6.92 Å². The van der Waals surface area contributed by atoms with Crippen molar-refractivity contribution in [2.45, 2.75) is 6.92 Å². The molecular weight excluding hydrogens is 396 g/mol. The molecule has 1 aromatic rings. The molecule has 1 rings (SSSR count). The van der Waals surface area contributed by atoms with E-state index in [-0.39, 0.29) is 45.9 Å². The summed E-state index contributed by atoms with van der Waals surface area (Å²) in [5, 5.41) is 20.3. The van der Waals surface area contributed by atoms with Crippen LogP contribution in [0.3, 0.4) is 0 Å². The second-order valence-corrected chi connectivity index (χ2v) is 4.65.